The van der Waals surface area contributed by atoms with Crippen LogP contribution in [0, 0.1) is 35.5 Å². The molecule has 12 atom stereocenters. The van der Waals surface area contributed by atoms with Crippen LogP contribution < -0.4 is 216 Å². The predicted octanol–water partition coefficient (Wildman–Crippen LogP) is -6.00. The van der Waals surface area contributed by atoms with Gasteiger partial charge in [0.2, 0.25) is 53.2 Å². The molecule has 6 aliphatic rings. The molecule has 27 nitrogen and oxygen atoms in total. The fourth-order valence-corrected chi connectivity index (χ4v) is 21.4. The monoisotopic (exact) mass is 2060 g/mol. The van der Waals surface area contributed by atoms with Gasteiger partial charge >= 0.3 is 172 Å². The van der Waals surface area contributed by atoms with Crippen LogP contribution in [0.1, 0.15) is 138 Å². The first kappa shape index (κ1) is 128. The van der Waals surface area contributed by atoms with Gasteiger partial charge in [0.1, 0.15) is 91.5 Å². The molecule has 6 aromatic rings. The molecule has 6 aliphatic heterocycles. The topological polar surface area (TPSA) is 392 Å². The summed E-state index contributed by atoms with van der Waals surface area (Å²) in [6.07, 6.45) is 10.4. The molecule has 9 N–H and O–H groups in total. The molecule has 3 fully saturated rings. The third-order valence-corrected chi connectivity index (χ3v) is 29.2. The van der Waals surface area contributed by atoms with Crippen LogP contribution in [0.5, 0.6) is 0 Å². The molecule has 0 aromatic heterocycles. The third-order valence-electron chi connectivity index (χ3n) is 21.9. The molecule has 3 unspecified atom stereocenters. The van der Waals surface area contributed by atoms with Gasteiger partial charge in [-0.15, -0.1) is 0 Å². The standard InChI is InChI=1S/3C31H37N3O6S2.3CH4.3FH.3K/c2*1-19(2)25-16-22(35)15-23-11-5-6-13-41-42-18-27(34-29(25)37)31(39)33-26(30(38)32-17-28(36)40-23)14-21-10-7-9-20-8-3-4-12-24(20)21;1-19(2)25-16-23(35)15-24-9-5-6-12-41-42-18-27(34-29(25)37)31(39)33-26(30(38)32-17-28(36)40-24)14-20-10-11-21-7-3-4-8-22(21)13-20;;;;;;;;;/h2*3-5,7-12,19,23,25-27H,6,13-18H2,1-2H3,(H,32,38)(H,33,39)(H,34,37);3-5,7-11,13,19,24-27H,6,12,14-18H2,1-2H3,(H,32,38)(H,33,39)(H,34,37);3*1H4;3*1H;;;/q;;;;;;;;;3*+1/p-3/b2*11-5+;9-5+;;;;;;;;;/t23?,25-,26+,27-;23?,25-,26-,27-;24?,25-,26-,27-;;;;;;;;;/m111........./s1. The fraction of sp³-hybridized carbons (Fsp3) is 0.469. The summed E-state index contributed by atoms with van der Waals surface area (Å²) in [5.74, 6) is -6.68. The molecular formula is C96H123F3K3N9O18S6. The molecule has 0 saturated carbocycles. The number of nitrogens with one attached hydrogen (secondary N) is 9. The number of esters is 3. The van der Waals surface area contributed by atoms with Gasteiger partial charge in [0.05, 0.1) is 0 Å². The summed E-state index contributed by atoms with van der Waals surface area (Å²) >= 11 is 0. The molecule has 6 bridgehead atoms. The van der Waals surface area contributed by atoms with E-state index in [-0.39, 0.29) is 301 Å². The van der Waals surface area contributed by atoms with Crippen molar-refractivity contribution >= 4 is 186 Å². The van der Waals surface area contributed by atoms with E-state index < -0.39 is 163 Å². The van der Waals surface area contributed by atoms with Crippen LogP contribution >= 0.6 is 64.8 Å². The quantitative estimate of drug-likeness (QED) is 0.0214. The van der Waals surface area contributed by atoms with Crippen molar-refractivity contribution in [2.24, 2.45) is 35.5 Å². The number of hydrogen-bond acceptors (Lipinski definition) is 24. The van der Waals surface area contributed by atoms with Crippen LogP contribution in [0.3, 0.4) is 0 Å². The average molecular weight is 2060 g/mol. The minimum Gasteiger partial charge on any atom is -1.00 e. The van der Waals surface area contributed by atoms with Crippen LogP contribution in [-0.2, 0) is 105 Å². The van der Waals surface area contributed by atoms with Crippen molar-refractivity contribution in [1.29, 1.82) is 0 Å². The maximum atomic E-state index is 13.7. The van der Waals surface area contributed by atoms with Crippen molar-refractivity contribution < 1.29 is 254 Å². The van der Waals surface area contributed by atoms with E-state index in [1.165, 1.54) is 32.4 Å². The largest absolute Gasteiger partial charge is 1.00 e. The molecule has 0 radical (unpaired) electrons. The summed E-state index contributed by atoms with van der Waals surface area (Å²) in [7, 11) is 9.02. The Balaban J connectivity index is 0.000000980. The number of halogens is 3. The number of allylic oxidation sites excluding steroid dienone is 3. The zero-order valence-corrected chi connectivity index (χ0v) is 89.8. The number of rotatable bonds is 9. The molecule has 0 aliphatic carbocycles. The van der Waals surface area contributed by atoms with Crippen molar-refractivity contribution in [1.82, 2.24) is 47.9 Å². The van der Waals surface area contributed by atoms with Crippen molar-refractivity contribution in [2.45, 2.75) is 195 Å². The van der Waals surface area contributed by atoms with Crippen LogP contribution in [-0.4, -0.2) is 197 Å². The van der Waals surface area contributed by atoms with E-state index in [4.69, 9.17) is 14.2 Å². The van der Waals surface area contributed by atoms with Crippen molar-refractivity contribution in [3.63, 3.8) is 0 Å². The number of carbonyl (C=O) groups is 15. The summed E-state index contributed by atoms with van der Waals surface area (Å²) in [4.78, 5) is 199. The predicted molar refractivity (Wildman–Crippen MR) is 517 cm³/mol. The Labute approximate surface area is 940 Å². The third kappa shape index (κ3) is 42.1. The van der Waals surface area contributed by atoms with Gasteiger partial charge in [-0.1, -0.05) is 274 Å². The molecule has 12 rings (SSSR count). The van der Waals surface area contributed by atoms with Gasteiger partial charge in [-0.2, -0.15) is 0 Å². The van der Waals surface area contributed by atoms with E-state index in [1.807, 2.05) is 187 Å². The average Bonchev–Trinajstić information content (AvgIpc) is 0.857. The smallest absolute Gasteiger partial charge is 1.00 e. The fourth-order valence-electron chi connectivity index (χ4n) is 14.9. The molecule has 6 heterocycles. The molecule has 39 heteroatoms. The Morgan fingerprint density at radius 3 is 0.941 bits per heavy atom. The van der Waals surface area contributed by atoms with E-state index >= 15 is 0 Å². The maximum absolute atomic E-state index is 13.7. The number of carbonyl (C=O) groups excluding carboxylic acids is 15. The first-order valence-electron chi connectivity index (χ1n) is 42.5. The van der Waals surface area contributed by atoms with E-state index in [0.717, 1.165) is 66.3 Å². The minimum absolute atomic E-state index is 0. The van der Waals surface area contributed by atoms with Crippen LogP contribution in [0.25, 0.3) is 32.3 Å². The zero-order valence-electron chi connectivity index (χ0n) is 75.5. The van der Waals surface area contributed by atoms with Crippen LogP contribution in [0.4, 0.5) is 0 Å². The van der Waals surface area contributed by atoms with Crippen LogP contribution in [0.2, 0.25) is 0 Å². The summed E-state index contributed by atoms with van der Waals surface area (Å²) < 4.78 is 16.7. The van der Waals surface area contributed by atoms with Gasteiger partial charge in [0.25, 0.3) is 0 Å². The van der Waals surface area contributed by atoms with Gasteiger partial charge in [0.15, 0.2) is 0 Å². The molecule has 0 spiro atoms. The summed E-state index contributed by atoms with van der Waals surface area (Å²) in [6.45, 7) is 9.87. The maximum Gasteiger partial charge on any atom is 1.00 e. The number of benzene rings is 6. The van der Waals surface area contributed by atoms with Crippen LogP contribution in [0.15, 0.2) is 164 Å². The number of hydrogen-bond donors (Lipinski definition) is 9. The number of Topliss-reactive ketones (excluding diaryl/α,β-unsaturated/α-hetero) is 3. The molecule has 3 saturated heterocycles. The zero-order chi connectivity index (χ0) is 90.2. The number of ether oxygens (including phenoxy) is 3. The Morgan fingerprint density at radius 1 is 0.319 bits per heavy atom. The molecule has 6 aromatic carbocycles. The SMILES string of the molecule is C.C.C.CC(C)[C@H]1CC(=O)CC2/C=C/CCSSC[C@@H](NC1=O)C(=O)N[C@@H](Cc1cccc3ccccc13)C(=O)NCC(=O)O2.CC(C)[C@H]1CC(=O)CC2/C=C/CCSSC[C@@H](NC1=O)C(=O)N[C@H](Cc1ccc3ccccc3c1)C(=O)NCC(=O)O2.CC(C)[C@H]1CC(=O)CC2/C=C/CCSSC[C@@H](NC1=O)C(=O)N[C@H](Cc1cccc3ccccc13)C(=O)NCC(=O)O2.[F-].[F-].[F-].[K+].[K+].[K+]. The van der Waals surface area contributed by atoms with Gasteiger partial charge in [0, 0.05) is 110 Å². The molecule has 720 valence electrons. The number of amides is 9. The molecular weight excluding hydrogens is 1930 g/mol. The first-order valence-corrected chi connectivity index (χ1v) is 50.0. The summed E-state index contributed by atoms with van der Waals surface area (Å²) in [5.41, 5.74) is 2.53. The Bertz CT molecular complexity index is 4830. The Kier molecular flexibility index (Phi) is 63.0. The Hall–Kier alpha value is -5.23. The molecule has 9 amide bonds. The van der Waals surface area contributed by atoms with E-state index in [0.29, 0.717) is 19.3 Å². The van der Waals surface area contributed by atoms with Crippen molar-refractivity contribution in [3.05, 3.63) is 181 Å². The first-order chi connectivity index (χ1) is 60.6. The molecule has 135 heavy (non-hydrogen) atoms. The van der Waals surface area contributed by atoms with Gasteiger partial charge < -0.3 is 76.2 Å². The van der Waals surface area contributed by atoms with E-state index in [2.05, 4.69) is 47.9 Å². The second-order valence-corrected chi connectivity index (χ2v) is 40.4. The Morgan fingerprint density at radius 2 is 0.615 bits per heavy atom. The van der Waals surface area contributed by atoms with Gasteiger partial charge in [-0.25, -0.2) is 0 Å². The van der Waals surface area contributed by atoms with Crippen molar-refractivity contribution in [3.8, 4) is 0 Å². The second kappa shape index (κ2) is 66.5. The van der Waals surface area contributed by atoms with Gasteiger partial charge in [-0.05, 0) is 104 Å². The normalized spacial score (nSPS) is 24.4. The van der Waals surface area contributed by atoms with Gasteiger partial charge in [-0.3, -0.25) is 71.9 Å². The minimum atomic E-state index is -1.02. The number of fused-ring (bicyclic) bond motifs is 24. The summed E-state index contributed by atoms with van der Waals surface area (Å²) in [5, 5.41) is 30.8. The number of ketones is 3. The van der Waals surface area contributed by atoms with E-state index in [9.17, 15) is 71.9 Å². The van der Waals surface area contributed by atoms with Crippen molar-refractivity contribution in [2.75, 3.05) is 54.2 Å². The second-order valence-electron chi connectivity index (χ2n) is 32.5. The summed E-state index contributed by atoms with van der Waals surface area (Å²) in [6, 6.07) is 34.9. The van der Waals surface area contributed by atoms with E-state index in [1.54, 1.807) is 50.6 Å².